The van der Waals surface area contributed by atoms with E-state index < -0.39 is 0 Å². The Balaban J connectivity index is 1.77. The van der Waals surface area contributed by atoms with Crippen LogP contribution >= 0.6 is 11.6 Å². The van der Waals surface area contributed by atoms with Gasteiger partial charge in [0.2, 0.25) is 0 Å². The number of rotatable bonds is 5. The van der Waals surface area contributed by atoms with Crippen molar-refractivity contribution in [3.8, 4) is 0 Å². The summed E-state index contributed by atoms with van der Waals surface area (Å²) in [5.41, 5.74) is 2.72. The Morgan fingerprint density at radius 2 is 2.00 bits per heavy atom. The number of benzene rings is 1. The molecule has 2 rings (SSSR count). The second-order valence-electron chi connectivity index (χ2n) is 5.58. The molecule has 0 aliphatic heterocycles. The molecular formula is C16H24ClN. The van der Waals surface area contributed by atoms with Crippen molar-refractivity contribution in [2.75, 3.05) is 12.4 Å². The fraction of sp³-hybridized carbons (Fsp3) is 0.625. The van der Waals surface area contributed by atoms with Gasteiger partial charge in [-0.05, 0) is 43.7 Å². The number of hydrogen-bond donors (Lipinski definition) is 1. The van der Waals surface area contributed by atoms with E-state index >= 15 is 0 Å². The highest BCUT2D eigenvalue weighted by molar-refractivity contribution is 6.18. The predicted octanol–water partition coefficient (Wildman–Crippen LogP) is 4.13. The van der Waals surface area contributed by atoms with Gasteiger partial charge in [-0.1, -0.05) is 42.7 Å². The second kappa shape index (κ2) is 7.16. The van der Waals surface area contributed by atoms with E-state index in [4.69, 9.17) is 11.6 Å². The van der Waals surface area contributed by atoms with Crippen molar-refractivity contribution >= 4 is 11.6 Å². The maximum Gasteiger partial charge on any atom is 0.0254 e. The molecule has 18 heavy (non-hydrogen) atoms. The van der Waals surface area contributed by atoms with E-state index in [0.29, 0.717) is 0 Å². The van der Waals surface area contributed by atoms with Gasteiger partial charge < -0.3 is 5.32 Å². The normalized spacial score (nSPS) is 24.1. The number of halogens is 1. The van der Waals surface area contributed by atoms with E-state index in [0.717, 1.165) is 30.8 Å². The summed E-state index contributed by atoms with van der Waals surface area (Å²) in [6.45, 7) is 4.24. The zero-order valence-corrected chi connectivity index (χ0v) is 12.0. The third kappa shape index (κ3) is 4.00. The molecule has 1 aromatic carbocycles. The summed E-state index contributed by atoms with van der Waals surface area (Å²) < 4.78 is 0. The Morgan fingerprint density at radius 3 is 2.72 bits per heavy atom. The molecule has 1 aromatic rings. The zero-order valence-electron chi connectivity index (χ0n) is 11.3. The van der Waals surface area contributed by atoms with Gasteiger partial charge in [0.1, 0.15) is 0 Å². The van der Waals surface area contributed by atoms with Crippen LogP contribution in [0.5, 0.6) is 0 Å². The van der Waals surface area contributed by atoms with Crippen LogP contribution in [0.1, 0.15) is 36.8 Å². The molecular weight excluding hydrogens is 242 g/mol. The molecule has 0 bridgehead atoms. The molecule has 0 radical (unpaired) electrons. The van der Waals surface area contributed by atoms with Gasteiger partial charge in [0.25, 0.3) is 0 Å². The number of aryl methyl sites for hydroxylation is 1. The van der Waals surface area contributed by atoms with Gasteiger partial charge in [-0.3, -0.25) is 0 Å². The molecule has 0 spiro atoms. The van der Waals surface area contributed by atoms with Crippen molar-refractivity contribution in [2.45, 2.75) is 39.2 Å². The summed E-state index contributed by atoms with van der Waals surface area (Å²) in [6.07, 6.45) is 5.41. The first-order chi connectivity index (χ1) is 8.79. The fourth-order valence-corrected chi connectivity index (χ4v) is 3.39. The molecule has 0 amide bonds. The van der Waals surface area contributed by atoms with Gasteiger partial charge in [-0.15, -0.1) is 11.6 Å². The molecule has 1 fully saturated rings. The average Bonchev–Trinajstić information content (AvgIpc) is 2.39. The van der Waals surface area contributed by atoms with E-state index in [1.54, 1.807) is 0 Å². The lowest BCUT2D eigenvalue weighted by Crippen LogP contribution is -2.31. The average molecular weight is 266 g/mol. The predicted molar refractivity (Wildman–Crippen MR) is 79.1 cm³/mol. The van der Waals surface area contributed by atoms with Crippen molar-refractivity contribution in [3.63, 3.8) is 0 Å². The van der Waals surface area contributed by atoms with Crippen LogP contribution in [0, 0.1) is 18.8 Å². The molecule has 0 aromatic heterocycles. The zero-order chi connectivity index (χ0) is 12.8. The first-order valence-corrected chi connectivity index (χ1v) is 7.65. The van der Waals surface area contributed by atoms with Crippen LogP contribution in [0.3, 0.4) is 0 Å². The van der Waals surface area contributed by atoms with E-state index in [-0.39, 0.29) is 0 Å². The Hall–Kier alpha value is -0.530. The minimum atomic E-state index is 0.727. The summed E-state index contributed by atoms with van der Waals surface area (Å²) >= 11 is 6.06. The molecule has 0 heterocycles. The Bertz CT molecular complexity index is 364. The fourth-order valence-electron chi connectivity index (χ4n) is 2.98. The Morgan fingerprint density at radius 1 is 1.22 bits per heavy atom. The maximum atomic E-state index is 6.06. The Labute approximate surface area is 116 Å². The van der Waals surface area contributed by atoms with Crippen molar-refractivity contribution < 1.29 is 0 Å². The second-order valence-corrected chi connectivity index (χ2v) is 5.89. The Kier molecular flexibility index (Phi) is 5.52. The van der Waals surface area contributed by atoms with Crippen molar-refractivity contribution in [2.24, 2.45) is 11.8 Å². The molecule has 1 aliphatic carbocycles. The summed E-state index contributed by atoms with van der Waals surface area (Å²) in [5, 5.41) is 3.60. The minimum absolute atomic E-state index is 0.727. The van der Waals surface area contributed by atoms with Crippen LogP contribution in [0.2, 0.25) is 0 Å². The summed E-state index contributed by atoms with van der Waals surface area (Å²) in [4.78, 5) is 0. The minimum Gasteiger partial charge on any atom is -0.312 e. The van der Waals surface area contributed by atoms with Gasteiger partial charge in [-0.25, -0.2) is 0 Å². The van der Waals surface area contributed by atoms with Gasteiger partial charge >= 0.3 is 0 Å². The van der Waals surface area contributed by atoms with Crippen LogP contribution in [0.25, 0.3) is 0 Å². The highest BCUT2D eigenvalue weighted by Crippen LogP contribution is 2.30. The lowest BCUT2D eigenvalue weighted by molar-refractivity contribution is 0.250. The molecule has 100 valence electrons. The van der Waals surface area contributed by atoms with E-state index in [9.17, 15) is 0 Å². The molecule has 1 saturated carbocycles. The van der Waals surface area contributed by atoms with Crippen molar-refractivity contribution in [3.05, 3.63) is 35.4 Å². The van der Waals surface area contributed by atoms with E-state index in [1.807, 2.05) is 0 Å². The molecule has 1 N–H and O–H groups in total. The quantitative estimate of drug-likeness (QED) is 0.790. The number of hydrogen-bond acceptors (Lipinski definition) is 1. The third-order valence-corrected chi connectivity index (χ3v) is 4.48. The lowest BCUT2D eigenvalue weighted by Gasteiger charge is -2.30. The molecule has 0 saturated heterocycles. The molecule has 2 heteroatoms. The number of nitrogens with one attached hydrogen (secondary N) is 1. The lowest BCUT2D eigenvalue weighted by atomic mass is 9.80. The van der Waals surface area contributed by atoms with Gasteiger partial charge in [0, 0.05) is 12.4 Å². The first kappa shape index (κ1) is 13.9. The van der Waals surface area contributed by atoms with Crippen LogP contribution in [0.4, 0.5) is 0 Å². The topological polar surface area (TPSA) is 12.0 Å². The summed E-state index contributed by atoms with van der Waals surface area (Å²) in [6, 6.07) is 8.73. The van der Waals surface area contributed by atoms with Gasteiger partial charge in [0.05, 0.1) is 0 Å². The summed E-state index contributed by atoms with van der Waals surface area (Å²) in [7, 11) is 0. The van der Waals surface area contributed by atoms with E-state index in [2.05, 4.69) is 36.5 Å². The van der Waals surface area contributed by atoms with Crippen LogP contribution < -0.4 is 5.32 Å². The van der Waals surface area contributed by atoms with Crippen molar-refractivity contribution in [1.82, 2.24) is 5.32 Å². The van der Waals surface area contributed by atoms with E-state index in [1.165, 1.54) is 36.8 Å². The molecule has 1 aliphatic rings. The number of alkyl halides is 1. The van der Waals surface area contributed by atoms with Crippen LogP contribution in [-0.4, -0.2) is 12.4 Å². The van der Waals surface area contributed by atoms with Gasteiger partial charge in [-0.2, -0.15) is 0 Å². The first-order valence-electron chi connectivity index (χ1n) is 7.12. The maximum absolute atomic E-state index is 6.06. The SMILES string of the molecule is Cc1cccc(CNCC2CCCCC2CCl)c1. The van der Waals surface area contributed by atoms with Gasteiger partial charge in [0.15, 0.2) is 0 Å². The third-order valence-electron chi connectivity index (χ3n) is 4.08. The smallest absolute Gasteiger partial charge is 0.0254 e. The highest BCUT2D eigenvalue weighted by Gasteiger charge is 2.23. The molecule has 1 nitrogen and oxygen atoms in total. The monoisotopic (exact) mass is 265 g/mol. The van der Waals surface area contributed by atoms with Crippen LogP contribution in [0.15, 0.2) is 24.3 Å². The van der Waals surface area contributed by atoms with Crippen molar-refractivity contribution in [1.29, 1.82) is 0 Å². The largest absolute Gasteiger partial charge is 0.312 e. The molecule has 2 unspecified atom stereocenters. The van der Waals surface area contributed by atoms with Crippen LogP contribution in [-0.2, 0) is 6.54 Å². The standard InChI is InChI=1S/C16H24ClN/c1-13-5-4-6-14(9-13)11-18-12-16-8-3-2-7-15(16)10-17/h4-6,9,15-16,18H,2-3,7-8,10-12H2,1H3. The highest BCUT2D eigenvalue weighted by atomic mass is 35.5. The summed E-state index contributed by atoms with van der Waals surface area (Å²) in [5.74, 6) is 2.34. The molecule has 2 atom stereocenters.